The Kier molecular flexibility index (Phi) is 3.44. The third-order valence-electron chi connectivity index (χ3n) is 5.86. The molecule has 2 heteroatoms. The van der Waals surface area contributed by atoms with Crippen molar-refractivity contribution in [2.24, 2.45) is 5.41 Å². The monoisotopic (exact) mass is 250 g/mol. The van der Waals surface area contributed by atoms with E-state index in [1.807, 2.05) is 0 Å². The molecule has 0 bridgehead atoms. The molecule has 1 saturated heterocycles. The van der Waals surface area contributed by atoms with E-state index in [-0.39, 0.29) is 0 Å². The van der Waals surface area contributed by atoms with Crippen molar-refractivity contribution in [3.63, 3.8) is 0 Å². The second-order valence-corrected chi connectivity index (χ2v) is 7.64. The van der Waals surface area contributed by atoms with E-state index in [9.17, 15) is 0 Å². The second-order valence-electron chi connectivity index (χ2n) is 7.64. The van der Waals surface area contributed by atoms with Crippen LogP contribution in [-0.2, 0) is 0 Å². The fourth-order valence-corrected chi connectivity index (χ4v) is 4.30. The molecule has 0 aromatic carbocycles. The molecule has 1 atom stereocenters. The molecule has 3 fully saturated rings. The van der Waals surface area contributed by atoms with Crippen LogP contribution in [0.15, 0.2) is 0 Å². The van der Waals surface area contributed by atoms with Gasteiger partial charge in [0, 0.05) is 31.2 Å². The van der Waals surface area contributed by atoms with Gasteiger partial charge in [0.05, 0.1) is 0 Å². The van der Waals surface area contributed by atoms with Crippen LogP contribution < -0.4 is 5.32 Å². The third kappa shape index (κ3) is 2.46. The Morgan fingerprint density at radius 1 is 1.06 bits per heavy atom. The lowest BCUT2D eigenvalue weighted by Crippen LogP contribution is -2.65. The molecule has 2 saturated carbocycles. The number of hydrogen-bond acceptors (Lipinski definition) is 2. The summed E-state index contributed by atoms with van der Waals surface area (Å²) in [5, 5.41) is 3.89. The number of rotatable bonds is 2. The predicted octanol–water partition coefficient (Wildman–Crippen LogP) is 3.17. The van der Waals surface area contributed by atoms with E-state index in [1.165, 1.54) is 71.0 Å². The van der Waals surface area contributed by atoms with Gasteiger partial charge in [-0.1, -0.05) is 32.6 Å². The van der Waals surface area contributed by atoms with Crippen LogP contribution in [0.25, 0.3) is 0 Å². The Hall–Kier alpha value is -0.0800. The maximum atomic E-state index is 3.89. The number of nitrogens with one attached hydrogen (secondary N) is 1. The zero-order valence-corrected chi connectivity index (χ0v) is 12.3. The summed E-state index contributed by atoms with van der Waals surface area (Å²) in [4.78, 5) is 2.81. The summed E-state index contributed by atoms with van der Waals surface area (Å²) in [6.07, 6.45) is 11.5. The first kappa shape index (κ1) is 12.9. The number of piperazine rings is 1. The Bertz CT molecular complexity index is 289. The van der Waals surface area contributed by atoms with Crippen molar-refractivity contribution in [2.75, 3.05) is 19.6 Å². The zero-order valence-electron chi connectivity index (χ0n) is 12.3. The number of nitrogens with zero attached hydrogens (tertiary/aromatic N) is 1. The first-order valence-corrected chi connectivity index (χ1v) is 8.10. The van der Waals surface area contributed by atoms with Gasteiger partial charge < -0.3 is 5.32 Å². The second kappa shape index (κ2) is 4.79. The van der Waals surface area contributed by atoms with Crippen molar-refractivity contribution >= 4 is 0 Å². The van der Waals surface area contributed by atoms with Crippen LogP contribution in [0.5, 0.6) is 0 Å². The summed E-state index contributed by atoms with van der Waals surface area (Å²) in [7, 11) is 0. The summed E-state index contributed by atoms with van der Waals surface area (Å²) in [5.41, 5.74) is 1.12. The van der Waals surface area contributed by atoms with E-state index in [2.05, 4.69) is 24.1 Å². The summed E-state index contributed by atoms with van der Waals surface area (Å²) >= 11 is 0. The summed E-state index contributed by atoms with van der Waals surface area (Å²) < 4.78 is 0. The van der Waals surface area contributed by atoms with Gasteiger partial charge in [0.2, 0.25) is 0 Å². The average molecular weight is 250 g/mol. The highest BCUT2D eigenvalue weighted by molar-refractivity contribution is 5.00. The van der Waals surface area contributed by atoms with Crippen LogP contribution in [0.4, 0.5) is 0 Å². The largest absolute Gasteiger partial charge is 0.308 e. The van der Waals surface area contributed by atoms with Crippen LogP contribution in [-0.4, -0.2) is 36.1 Å². The van der Waals surface area contributed by atoms with E-state index in [0.717, 1.165) is 6.04 Å². The Labute approximate surface area is 113 Å². The molecule has 0 amide bonds. The molecule has 1 aliphatic heterocycles. The predicted molar refractivity (Wildman–Crippen MR) is 76.8 cm³/mol. The molecule has 0 aromatic rings. The maximum Gasteiger partial charge on any atom is 0.0309 e. The third-order valence-corrected chi connectivity index (χ3v) is 5.86. The number of hydrogen-bond donors (Lipinski definition) is 1. The van der Waals surface area contributed by atoms with Gasteiger partial charge in [-0.3, -0.25) is 4.90 Å². The van der Waals surface area contributed by atoms with Gasteiger partial charge >= 0.3 is 0 Å². The highest BCUT2D eigenvalue weighted by atomic mass is 15.3. The Morgan fingerprint density at radius 3 is 2.39 bits per heavy atom. The SMILES string of the molecule is CC1CNC2(CCCCC2)CN1CC1(C)CCC1. The first-order valence-electron chi connectivity index (χ1n) is 8.10. The molecule has 1 spiro atoms. The fraction of sp³-hybridized carbons (Fsp3) is 1.00. The lowest BCUT2D eigenvalue weighted by atomic mass is 9.69. The molecule has 2 aliphatic carbocycles. The van der Waals surface area contributed by atoms with Gasteiger partial charge in [0.15, 0.2) is 0 Å². The Morgan fingerprint density at radius 2 is 1.78 bits per heavy atom. The van der Waals surface area contributed by atoms with E-state index >= 15 is 0 Å². The van der Waals surface area contributed by atoms with Crippen molar-refractivity contribution in [1.29, 1.82) is 0 Å². The molecule has 1 unspecified atom stereocenters. The highest BCUT2D eigenvalue weighted by Gasteiger charge is 2.42. The quantitative estimate of drug-likeness (QED) is 0.810. The molecule has 3 rings (SSSR count). The minimum absolute atomic E-state index is 0.477. The molecule has 1 N–H and O–H groups in total. The van der Waals surface area contributed by atoms with Gasteiger partial charge in [-0.25, -0.2) is 0 Å². The van der Waals surface area contributed by atoms with Crippen LogP contribution in [0.3, 0.4) is 0 Å². The lowest BCUT2D eigenvalue weighted by Gasteiger charge is -2.52. The van der Waals surface area contributed by atoms with E-state index < -0.39 is 0 Å². The topological polar surface area (TPSA) is 15.3 Å². The first-order chi connectivity index (χ1) is 8.61. The van der Waals surface area contributed by atoms with Crippen molar-refractivity contribution in [2.45, 2.75) is 76.8 Å². The minimum Gasteiger partial charge on any atom is -0.308 e. The maximum absolute atomic E-state index is 3.89. The minimum atomic E-state index is 0.477. The molecule has 3 aliphatic rings. The highest BCUT2D eigenvalue weighted by Crippen LogP contribution is 2.42. The standard InChI is InChI=1S/C16H30N2/c1-14-11-17-16(9-4-3-5-10-16)13-18(14)12-15(2)7-6-8-15/h14,17H,3-13H2,1-2H3. The van der Waals surface area contributed by atoms with Crippen molar-refractivity contribution in [3.05, 3.63) is 0 Å². The van der Waals surface area contributed by atoms with Gasteiger partial charge in [0.25, 0.3) is 0 Å². The molecule has 104 valence electrons. The molecule has 0 radical (unpaired) electrons. The van der Waals surface area contributed by atoms with Crippen LogP contribution in [0.2, 0.25) is 0 Å². The molecule has 0 aromatic heterocycles. The van der Waals surface area contributed by atoms with Gasteiger partial charge in [-0.15, -0.1) is 0 Å². The fourth-order valence-electron chi connectivity index (χ4n) is 4.30. The van der Waals surface area contributed by atoms with Gasteiger partial charge in [-0.2, -0.15) is 0 Å². The average Bonchev–Trinajstić information content (AvgIpc) is 2.33. The summed E-state index contributed by atoms with van der Waals surface area (Å²) in [6.45, 7) is 8.76. The van der Waals surface area contributed by atoms with Crippen LogP contribution in [0, 0.1) is 5.41 Å². The van der Waals surface area contributed by atoms with Crippen LogP contribution in [0.1, 0.15) is 65.2 Å². The van der Waals surface area contributed by atoms with Crippen molar-refractivity contribution in [1.82, 2.24) is 10.2 Å². The van der Waals surface area contributed by atoms with Gasteiger partial charge in [-0.05, 0) is 38.0 Å². The molecule has 18 heavy (non-hydrogen) atoms. The zero-order chi connectivity index (χ0) is 12.6. The normalized spacial score (nSPS) is 35.3. The smallest absolute Gasteiger partial charge is 0.0309 e. The molecular formula is C16H30N2. The summed E-state index contributed by atoms with van der Waals surface area (Å²) in [5.74, 6) is 0. The Balaban J connectivity index is 1.64. The summed E-state index contributed by atoms with van der Waals surface area (Å²) in [6, 6.07) is 0.731. The molecule has 2 nitrogen and oxygen atoms in total. The van der Waals surface area contributed by atoms with Gasteiger partial charge in [0.1, 0.15) is 0 Å². The van der Waals surface area contributed by atoms with E-state index in [4.69, 9.17) is 0 Å². The van der Waals surface area contributed by atoms with Crippen LogP contribution >= 0.6 is 0 Å². The van der Waals surface area contributed by atoms with Crippen molar-refractivity contribution < 1.29 is 0 Å². The molecule has 1 heterocycles. The van der Waals surface area contributed by atoms with E-state index in [1.54, 1.807) is 0 Å². The lowest BCUT2D eigenvalue weighted by molar-refractivity contribution is 0.00734. The van der Waals surface area contributed by atoms with Crippen molar-refractivity contribution in [3.8, 4) is 0 Å². The molecular weight excluding hydrogens is 220 g/mol. The van der Waals surface area contributed by atoms with E-state index in [0.29, 0.717) is 11.0 Å².